The number of halogens is 3. The van der Waals surface area contributed by atoms with Crippen molar-refractivity contribution in [1.82, 2.24) is 19.5 Å². The smallest absolute Gasteiger partial charge is 0.382 e. The number of hydrogen-bond donors (Lipinski definition) is 4. The predicted octanol–water partition coefficient (Wildman–Crippen LogP) is 1.83. The number of nitrogens with zero attached hydrogens (tertiary/aromatic N) is 4. The molecule has 0 fully saturated rings. The minimum atomic E-state index is -4.49. The van der Waals surface area contributed by atoms with Crippen molar-refractivity contribution in [3.63, 3.8) is 0 Å². The van der Waals surface area contributed by atoms with Crippen LogP contribution in [0.4, 0.5) is 24.9 Å². The maximum absolute atomic E-state index is 12.8. The Balaban J connectivity index is 2.01. The average molecular weight is 432 g/mol. The van der Waals surface area contributed by atoms with Gasteiger partial charge in [0.1, 0.15) is 12.2 Å². The first-order valence-electron chi connectivity index (χ1n) is 8.05. The van der Waals surface area contributed by atoms with Crippen molar-refractivity contribution in [3.8, 4) is 11.4 Å². The molecule has 0 atom stereocenters. The number of nitrogen functional groups attached to an aromatic ring is 2. The van der Waals surface area contributed by atoms with Crippen LogP contribution in [-0.2, 0) is 22.0 Å². The van der Waals surface area contributed by atoms with Crippen molar-refractivity contribution in [1.29, 1.82) is 0 Å². The molecule has 156 valence electrons. The van der Waals surface area contributed by atoms with Gasteiger partial charge in [-0.15, -0.1) is 0 Å². The van der Waals surface area contributed by atoms with Crippen molar-refractivity contribution >= 4 is 30.5 Å². The Morgan fingerprint density at radius 2 is 1.76 bits per heavy atom. The van der Waals surface area contributed by atoms with Gasteiger partial charge in [0.05, 0.1) is 12.2 Å². The fraction of sp³-hybridized carbons (Fsp3) is 0.267. The summed E-state index contributed by atoms with van der Waals surface area (Å²) in [4.78, 5) is 29.9. The van der Waals surface area contributed by atoms with Crippen LogP contribution in [0.3, 0.4) is 0 Å². The second-order valence-electron chi connectivity index (χ2n) is 6.00. The maximum atomic E-state index is 12.8. The molecule has 6 N–H and O–H groups in total. The van der Waals surface area contributed by atoms with Crippen LogP contribution >= 0.6 is 7.60 Å². The number of alkyl halides is 3. The molecule has 14 heteroatoms. The molecule has 0 radical (unpaired) electrons. The maximum Gasteiger partial charge on any atom is 0.416 e. The zero-order chi connectivity index (χ0) is 21.4. The van der Waals surface area contributed by atoms with Crippen LogP contribution in [0.15, 0.2) is 24.3 Å². The molecular formula is C15H16F3N6O4P. The Kier molecular flexibility index (Phi) is 5.50. The van der Waals surface area contributed by atoms with E-state index in [0.29, 0.717) is 5.56 Å². The molecule has 0 bridgehead atoms. The summed E-state index contributed by atoms with van der Waals surface area (Å²) >= 11 is 0. The van der Waals surface area contributed by atoms with Gasteiger partial charge in [-0.05, 0) is 12.1 Å². The number of hydrogen-bond acceptors (Lipinski definition) is 7. The lowest BCUT2D eigenvalue weighted by Gasteiger charge is -2.11. The molecule has 0 spiro atoms. The van der Waals surface area contributed by atoms with E-state index < -0.39 is 25.7 Å². The van der Waals surface area contributed by atoms with E-state index in [2.05, 4.69) is 15.0 Å². The van der Waals surface area contributed by atoms with E-state index in [9.17, 15) is 17.7 Å². The Morgan fingerprint density at radius 3 is 2.34 bits per heavy atom. The zero-order valence-electron chi connectivity index (χ0n) is 14.7. The van der Waals surface area contributed by atoms with Crippen molar-refractivity contribution in [2.24, 2.45) is 0 Å². The lowest BCUT2D eigenvalue weighted by atomic mass is 10.1. The molecule has 0 unspecified atom stereocenters. The lowest BCUT2D eigenvalue weighted by Crippen LogP contribution is -2.10. The number of aromatic nitrogens is 4. The molecule has 29 heavy (non-hydrogen) atoms. The van der Waals surface area contributed by atoms with Gasteiger partial charge in [-0.3, -0.25) is 4.57 Å². The molecule has 0 aliphatic heterocycles. The van der Waals surface area contributed by atoms with E-state index in [1.165, 1.54) is 16.7 Å². The monoisotopic (exact) mass is 432 g/mol. The van der Waals surface area contributed by atoms with Crippen LogP contribution in [0, 0.1) is 0 Å². The van der Waals surface area contributed by atoms with Crippen LogP contribution < -0.4 is 11.5 Å². The van der Waals surface area contributed by atoms with Gasteiger partial charge in [0, 0.05) is 12.1 Å². The Morgan fingerprint density at radius 1 is 1.10 bits per heavy atom. The van der Waals surface area contributed by atoms with Crippen molar-refractivity contribution in [2.45, 2.75) is 12.7 Å². The highest BCUT2D eigenvalue weighted by Crippen LogP contribution is 2.34. The molecule has 0 amide bonds. The Hall–Kier alpha value is -2.73. The molecule has 3 aromatic rings. The van der Waals surface area contributed by atoms with E-state index in [0.717, 1.165) is 12.1 Å². The first-order chi connectivity index (χ1) is 13.5. The van der Waals surface area contributed by atoms with E-state index >= 15 is 0 Å². The SMILES string of the molecule is Nc1nc(N)c2nc(-c3ccc(C(F)(F)F)cc3)n(CCOCP(=O)(O)O)c2n1. The average Bonchev–Trinajstić information content (AvgIpc) is 2.96. The van der Waals surface area contributed by atoms with Gasteiger partial charge < -0.3 is 30.6 Å². The predicted molar refractivity (Wildman–Crippen MR) is 97.4 cm³/mol. The number of ether oxygens (including phenoxy) is 1. The topological polar surface area (TPSA) is 162 Å². The van der Waals surface area contributed by atoms with Crippen molar-refractivity contribution in [3.05, 3.63) is 29.8 Å². The second kappa shape index (κ2) is 7.59. The minimum absolute atomic E-state index is 0.0180. The third-order valence-corrected chi connectivity index (χ3v) is 4.35. The van der Waals surface area contributed by atoms with Gasteiger partial charge in [0.15, 0.2) is 17.0 Å². The summed E-state index contributed by atoms with van der Waals surface area (Å²) in [7, 11) is -4.35. The van der Waals surface area contributed by atoms with E-state index in [1.807, 2.05) is 0 Å². The van der Waals surface area contributed by atoms with Gasteiger partial charge in [-0.2, -0.15) is 23.1 Å². The van der Waals surface area contributed by atoms with Crippen LogP contribution in [0.2, 0.25) is 0 Å². The first-order valence-corrected chi connectivity index (χ1v) is 9.84. The standard InChI is InChI=1S/C15H16F3N6O4P/c16-15(17,18)9-3-1-8(2-4-9)12-21-10-11(19)22-14(20)23-13(10)24(12)5-6-28-7-29(25,26)27/h1-4H,5-7H2,(H2,25,26,27)(H4,19,20,22,23). The Bertz CT molecular complexity index is 1080. The van der Waals surface area contributed by atoms with Crippen molar-refractivity contribution in [2.75, 3.05) is 24.4 Å². The summed E-state index contributed by atoms with van der Waals surface area (Å²) in [6, 6.07) is 4.30. The molecule has 10 nitrogen and oxygen atoms in total. The number of benzene rings is 1. The molecule has 2 aromatic heterocycles. The van der Waals surface area contributed by atoms with Crippen molar-refractivity contribution < 1.29 is 32.3 Å². The third-order valence-electron chi connectivity index (χ3n) is 3.83. The van der Waals surface area contributed by atoms with Gasteiger partial charge in [-0.25, -0.2) is 4.98 Å². The summed E-state index contributed by atoms with van der Waals surface area (Å²) in [5.41, 5.74) is 11.4. The molecule has 0 saturated carbocycles. The Labute approximate surface area is 161 Å². The fourth-order valence-electron chi connectivity index (χ4n) is 2.62. The van der Waals surface area contributed by atoms with Crippen LogP contribution in [0.5, 0.6) is 0 Å². The highest BCUT2D eigenvalue weighted by molar-refractivity contribution is 7.51. The van der Waals surface area contributed by atoms with Crippen LogP contribution in [0.25, 0.3) is 22.6 Å². The second-order valence-corrected chi connectivity index (χ2v) is 7.59. The molecule has 0 saturated heterocycles. The number of fused-ring (bicyclic) bond motifs is 1. The van der Waals surface area contributed by atoms with Gasteiger partial charge in [0.2, 0.25) is 5.95 Å². The largest absolute Gasteiger partial charge is 0.416 e. The van der Waals surface area contributed by atoms with Crippen LogP contribution in [0.1, 0.15) is 5.56 Å². The summed E-state index contributed by atoms with van der Waals surface area (Å²) in [5, 5.41) is 0. The number of anilines is 2. The van der Waals surface area contributed by atoms with E-state index in [1.54, 1.807) is 0 Å². The number of nitrogens with two attached hydrogens (primary N) is 2. The summed E-state index contributed by atoms with van der Waals surface area (Å²) in [6.45, 7) is -0.100. The van der Waals surface area contributed by atoms with Gasteiger partial charge in [0.25, 0.3) is 0 Å². The number of rotatable bonds is 6. The van der Waals surface area contributed by atoms with E-state index in [-0.39, 0.29) is 41.9 Å². The molecular weight excluding hydrogens is 416 g/mol. The van der Waals surface area contributed by atoms with Gasteiger partial charge >= 0.3 is 13.8 Å². The van der Waals surface area contributed by atoms with Gasteiger partial charge in [-0.1, -0.05) is 12.1 Å². The molecule has 2 heterocycles. The number of imidazole rings is 1. The quantitative estimate of drug-likeness (QED) is 0.336. The zero-order valence-corrected chi connectivity index (χ0v) is 15.6. The summed E-state index contributed by atoms with van der Waals surface area (Å²) in [6.07, 6.45) is -5.27. The summed E-state index contributed by atoms with van der Waals surface area (Å²) < 4.78 is 55.8. The highest BCUT2D eigenvalue weighted by atomic mass is 31.2. The highest BCUT2D eigenvalue weighted by Gasteiger charge is 2.30. The first kappa shape index (κ1) is 21.0. The summed E-state index contributed by atoms with van der Waals surface area (Å²) in [5.74, 6) is 0.0712. The molecule has 3 rings (SSSR count). The third kappa shape index (κ3) is 4.82. The fourth-order valence-corrected chi connectivity index (χ4v) is 2.99. The molecule has 0 aliphatic carbocycles. The molecule has 1 aromatic carbocycles. The molecule has 0 aliphatic rings. The van der Waals surface area contributed by atoms with E-state index in [4.69, 9.17) is 26.0 Å². The minimum Gasteiger partial charge on any atom is -0.382 e. The normalized spacial score (nSPS) is 12.6. The van der Waals surface area contributed by atoms with Crippen LogP contribution in [-0.4, -0.2) is 42.3 Å². The lowest BCUT2D eigenvalue weighted by molar-refractivity contribution is -0.137.